The lowest BCUT2D eigenvalue weighted by Gasteiger charge is -2.37. The van der Waals surface area contributed by atoms with Crippen LogP contribution in [0.4, 0.5) is 0 Å². The zero-order chi connectivity index (χ0) is 17.3. The van der Waals surface area contributed by atoms with Gasteiger partial charge in [-0.15, -0.1) is 0 Å². The summed E-state index contributed by atoms with van der Waals surface area (Å²) < 4.78 is 30.6. The Morgan fingerprint density at radius 1 is 1.21 bits per heavy atom. The molecule has 2 aliphatic rings. The summed E-state index contributed by atoms with van der Waals surface area (Å²) in [6.07, 6.45) is 1.23. The molecule has 0 radical (unpaired) electrons. The van der Waals surface area contributed by atoms with Gasteiger partial charge in [0.15, 0.2) is 0 Å². The van der Waals surface area contributed by atoms with Crippen LogP contribution in [0.2, 0.25) is 0 Å². The fourth-order valence-electron chi connectivity index (χ4n) is 3.90. The molecular formula is C17H24N2O4S. The van der Waals surface area contributed by atoms with Gasteiger partial charge in [0.1, 0.15) is 0 Å². The number of rotatable bonds is 4. The first-order chi connectivity index (χ1) is 11.4. The lowest BCUT2D eigenvalue weighted by molar-refractivity contribution is -0.149. The summed E-state index contributed by atoms with van der Waals surface area (Å²) in [6, 6.07) is 9.83. The van der Waals surface area contributed by atoms with Crippen molar-refractivity contribution in [3.8, 4) is 0 Å². The van der Waals surface area contributed by atoms with Gasteiger partial charge in [-0.05, 0) is 12.5 Å². The number of piperazine rings is 1. The van der Waals surface area contributed by atoms with Crippen molar-refractivity contribution in [3.05, 3.63) is 35.9 Å². The molecule has 0 spiro atoms. The highest BCUT2D eigenvalue weighted by atomic mass is 32.2. The number of fused-ring (bicyclic) bond motifs is 1. The molecule has 3 atom stereocenters. The number of hydrogen-bond acceptors (Lipinski definition) is 5. The molecule has 0 N–H and O–H groups in total. The SMILES string of the molecule is CCOC(=O)[C@@H]1[C@@H](c2ccccc2)CN2CCN(S(C)(=O)=O)C[C@H]12. The summed E-state index contributed by atoms with van der Waals surface area (Å²) in [6.45, 7) is 4.37. The molecule has 0 unspecified atom stereocenters. The lowest BCUT2D eigenvalue weighted by atomic mass is 9.85. The number of hydrogen-bond donors (Lipinski definition) is 0. The van der Waals surface area contributed by atoms with E-state index in [-0.39, 0.29) is 23.8 Å². The summed E-state index contributed by atoms with van der Waals surface area (Å²) in [5.74, 6) is -0.527. The van der Waals surface area contributed by atoms with Gasteiger partial charge in [0, 0.05) is 38.1 Å². The third-order valence-corrected chi connectivity index (χ3v) is 6.30. The van der Waals surface area contributed by atoms with Crippen molar-refractivity contribution in [2.75, 3.05) is 39.0 Å². The van der Waals surface area contributed by atoms with E-state index in [1.165, 1.54) is 10.6 Å². The number of esters is 1. The van der Waals surface area contributed by atoms with Crippen LogP contribution in [0.5, 0.6) is 0 Å². The normalized spacial score (nSPS) is 28.5. The molecule has 2 saturated heterocycles. The van der Waals surface area contributed by atoms with Gasteiger partial charge in [-0.2, -0.15) is 4.31 Å². The average molecular weight is 352 g/mol. The molecule has 132 valence electrons. The molecule has 3 rings (SSSR count). The Hall–Kier alpha value is -1.44. The summed E-state index contributed by atoms with van der Waals surface area (Å²) in [4.78, 5) is 14.9. The van der Waals surface area contributed by atoms with Crippen LogP contribution >= 0.6 is 0 Å². The van der Waals surface area contributed by atoms with E-state index in [1.54, 1.807) is 6.92 Å². The van der Waals surface area contributed by atoms with E-state index < -0.39 is 10.0 Å². The van der Waals surface area contributed by atoms with Crippen molar-refractivity contribution in [1.29, 1.82) is 0 Å². The zero-order valence-electron chi connectivity index (χ0n) is 14.1. The summed E-state index contributed by atoms with van der Waals surface area (Å²) >= 11 is 0. The third kappa shape index (κ3) is 3.34. The largest absolute Gasteiger partial charge is 0.466 e. The minimum Gasteiger partial charge on any atom is -0.466 e. The van der Waals surface area contributed by atoms with Gasteiger partial charge >= 0.3 is 5.97 Å². The smallest absolute Gasteiger partial charge is 0.311 e. The Bertz CT molecular complexity index is 692. The molecule has 0 aliphatic carbocycles. The average Bonchev–Trinajstić information content (AvgIpc) is 2.93. The number of sulfonamides is 1. The molecule has 0 aromatic heterocycles. The van der Waals surface area contributed by atoms with Crippen LogP contribution in [0.15, 0.2) is 30.3 Å². The van der Waals surface area contributed by atoms with Crippen molar-refractivity contribution in [1.82, 2.24) is 9.21 Å². The minimum absolute atomic E-state index is 0.0368. The molecule has 2 heterocycles. The van der Waals surface area contributed by atoms with E-state index in [1.807, 2.05) is 30.3 Å². The minimum atomic E-state index is -3.25. The highest BCUT2D eigenvalue weighted by molar-refractivity contribution is 7.88. The quantitative estimate of drug-likeness (QED) is 0.754. The molecule has 2 fully saturated rings. The topological polar surface area (TPSA) is 66.9 Å². The molecule has 2 aliphatic heterocycles. The van der Waals surface area contributed by atoms with Crippen molar-refractivity contribution >= 4 is 16.0 Å². The first-order valence-corrected chi connectivity index (χ1v) is 10.2. The van der Waals surface area contributed by atoms with Crippen LogP contribution in [0.1, 0.15) is 18.4 Å². The number of benzene rings is 1. The lowest BCUT2D eigenvalue weighted by Crippen LogP contribution is -2.54. The highest BCUT2D eigenvalue weighted by Gasteiger charge is 2.50. The number of carbonyl (C=O) groups is 1. The molecule has 7 heteroatoms. The van der Waals surface area contributed by atoms with Crippen molar-refractivity contribution in [2.45, 2.75) is 18.9 Å². The standard InChI is InChI=1S/C17H24N2O4S/c1-3-23-17(20)16-14(13-7-5-4-6-8-13)11-18-9-10-19(12-15(16)18)24(2,21)22/h4-8,14-16H,3,9-12H2,1-2H3/t14-,15-,16-/m1/s1. The zero-order valence-corrected chi connectivity index (χ0v) is 14.9. The Morgan fingerprint density at radius 3 is 2.54 bits per heavy atom. The second kappa shape index (κ2) is 6.82. The van der Waals surface area contributed by atoms with Crippen LogP contribution in [0.3, 0.4) is 0 Å². The van der Waals surface area contributed by atoms with Crippen molar-refractivity contribution < 1.29 is 17.9 Å². The van der Waals surface area contributed by atoms with E-state index >= 15 is 0 Å². The molecule has 6 nitrogen and oxygen atoms in total. The van der Waals surface area contributed by atoms with Crippen LogP contribution in [0.25, 0.3) is 0 Å². The van der Waals surface area contributed by atoms with E-state index in [4.69, 9.17) is 4.74 Å². The predicted molar refractivity (Wildman–Crippen MR) is 91.1 cm³/mol. The summed E-state index contributed by atoms with van der Waals surface area (Å²) in [5.41, 5.74) is 1.11. The van der Waals surface area contributed by atoms with E-state index in [0.29, 0.717) is 26.2 Å². The first-order valence-electron chi connectivity index (χ1n) is 8.32. The fourth-order valence-corrected chi connectivity index (χ4v) is 4.73. The Labute approximate surface area is 143 Å². The van der Waals surface area contributed by atoms with Gasteiger partial charge in [0.05, 0.1) is 18.8 Å². The second-order valence-electron chi connectivity index (χ2n) is 6.48. The molecule has 0 bridgehead atoms. The maximum absolute atomic E-state index is 12.6. The van der Waals surface area contributed by atoms with Gasteiger partial charge in [-0.25, -0.2) is 8.42 Å². The van der Waals surface area contributed by atoms with Gasteiger partial charge in [-0.3, -0.25) is 9.69 Å². The molecule has 1 aromatic carbocycles. The molecule has 0 saturated carbocycles. The summed E-state index contributed by atoms with van der Waals surface area (Å²) in [7, 11) is -3.25. The fraction of sp³-hybridized carbons (Fsp3) is 0.588. The molecule has 1 aromatic rings. The predicted octanol–water partition coefficient (Wildman–Crippen LogP) is 0.909. The van der Waals surface area contributed by atoms with Crippen LogP contribution < -0.4 is 0 Å². The Kier molecular flexibility index (Phi) is 4.94. The number of carbonyl (C=O) groups excluding carboxylic acids is 1. The third-order valence-electron chi connectivity index (χ3n) is 5.03. The van der Waals surface area contributed by atoms with Crippen LogP contribution in [-0.4, -0.2) is 68.7 Å². The van der Waals surface area contributed by atoms with E-state index in [2.05, 4.69) is 4.90 Å². The maximum atomic E-state index is 12.6. The van der Waals surface area contributed by atoms with Crippen molar-refractivity contribution in [3.63, 3.8) is 0 Å². The maximum Gasteiger partial charge on any atom is 0.311 e. The molecule has 0 amide bonds. The molecular weight excluding hydrogens is 328 g/mol. The van der Waals surface area contributed by atoms with Gasteiger partial charge in [-0.1, -0.05) is 30.3 Å². The number of ether oxygens (including phenoxy) is 1. The van der Waals surface area contributed by atoms with E-state index in [0.717, 1.165) is 12.1 Å². The van der Waals surface area contributed by atoms with Gasteiger partial charge in [0.25, 0.3) is 0 Å². The monoisotopic (exact) mass is 352 g/mol. The number of nitrogens with zero attached hydrogens (tertiary/aromatic N) is 2. The van der Waals surface area contributed by atoms with Crippen molar-refractivity contribution in [2.24, 2.45) is 5.92 Å². The first kappa shape index (κ1) is 17.4. The van der Waals surface area contributed by atoms with Crippen LogP contribution in [0, 0.1) is 5.92 Å². The highest BCUT2D eigenvalue weighted by Crippen LogP contribution is 2.40. The van der Waals surface area contributed by atoms with E-state index in [9.17, 15) is 13.2 Å². The Morgan fingerprint density at radius 2 is 1.92 bits per heavy atom. The van der Waals surface area contributed by atoms with Gasteiger partial charge < -0.3 is 4.74 Å². The second-order valence-corrected chi connectivity index (χ2v) is 8.46. The molecule has 24 heavy (non-hydrogen) atoms. The Balaban J connectivity index is 1.91. The van der Waals surface area contributed by atoms with Gasteiger partial charge in [0.2, 0.25) is 10.0 Å². The summed E-state index contributed by atoms with van der Waals surface area (Å²) in [5, 5.41) is 0. The van der Waals surface area contributed by atoms with Crippen LogP contribution in [-0.2, 0) is 19.6 Å².